The molecule has 1 unspecified atom stereocenters. The predicted octanol–water partition coefficient (Wildman–Crippen LogP) is 2.57. The SMILES string of the molecule is CC(N)Cc1noc(Cc2ccccc2C(F)(F)F)n1. The van der Waals surface area contributed by atoms with E-state index in [0.29, 0.717) is 12.2 Å². The first kappa shape index (κ1) is 14.5. The lowest BCUT2D eigenvalue weighted by Gasteiger charge is -2.10. The van der Waals surface area contributed by atoms with Gasteiger partial charge in [-0.1, -0.05) is 23.4 Å². The van der Waals surface area contributed by atoms with Crippen LogP contribution in [0, 0.1) is 0 Å². The maximum atomic E-state index is 12.8. The number of aromatic nitrogens is 2. The first-order valence-corrected chi connectivity index (χ1v) is 6.08. The predicted molar refractivity (Wildman–Crippen MR) is 65.9 cm³/mol. The summed E-state index contributed by atoms with van der Waals surface area (Å²) < 4.78 is 43.5. The van der Waals surface area contributed by atoms with Gasteiger partial charge in [-0.25, -0.2) is 0 Å². The van der Waals surface area contributed by atoms with E-state index in [1.54, 1.807) is 13.0 Å². The van der Waals surface area contributed by atoms with Gasteiger partial charge in [-0.05, 0) is 18.6 Å². The largest absolute Gasteiger partial charge is 0.416 e. The average Bonchev–Trinajstić information content (AvgIpc) is 2.75. The van der Waals surface area contributed by atoms with E-state index in [1.165, 1.54) is 12.1 Å². The molecule has 2 aromatic rings. The molecule has 0 saturated heterocycles. The molecule has 1 aromatic carbocycles. The summed E-state index contributed by atoms with van der Waals surface area (Å²) in [6, 6.07) is 5.20. The molecule has 0 aliphatic rings. The van der Waals surface area contributed by atoms with E-state index >= 15 is 0 Å². The first-order chi connectivity index (χ1) is 9.36. The van der Waals surface area contributed by atoms with Crippen molar-refractivity contribution in [2.75, 3.05) is 0 Å². The molecule has 0 radical (unpaired) electrons. The monoisotopic (exact) mass is 285 g/mol. The molecule has 2 rings (SSSR count). The maximum absolute atomic E-state index is 12.8. The topological polar surface area (TPSA) is 64.9 Å². The van der Waals surface area contributed by atoms with Crippen molar-refractivity contribution in [3.05, 3.63) is 47.1 Å². The second-order valence-corrected chi connectivity index (χ2v) is 4.62. The minimum atomic E-state index is -4.40. The molecule has 0 aliphatic carbocycles. The van der Waals surface area contributed by atoms with Gasteiger partial charge in [0.1, 0.15) is 0 Å². The Bertz CT molecular complexity index is 578. The Morgan fingerprint density at radius 3 is 2.65 bits per heavy atom. The zero-order valence-corrected chi connectivity index (χ0v) is 10.8. The quantitative estimate of drug-likeness (QED) is 0.937. The summed E-state index contributed by atoms with van der Waals surface area (Å²) in [7, 11) is 0. The van der Waals surface area contributed by atoms with Gasteiger partial charge < -0.3 is 10.3 Å². The van der Waals surface area contributed by atoms with Gasteiger partial charge >= 0.3 is 6.18 Å². The normalized spacial score (nSPS) is 13.4. The van der Waals surface area contributed by atoms with Crippen molar-refractivity contribution in [2.45, 2.75) is 32.0 Å². The molecular formula is C13H14F3N3O. The third kappa shape index (κ3) is 3.57. The van der Waals surface area contributed by atoms with Crippen LogP contribution in [0.5, 0.6) is 0 Å². The van der Waals surface area contributed by atoms with E-state index < -0.39 is 11.7 Å². The first-order valence-electron chi connectivity index (χ1n) is 6.08. The van der Waals surface area contributed by atoms with Crippen LogP contribution in [0.2, 0.25) is 0 Å². The van der Waals surface area contributed by atoms with Crippen LogP contribution in [0.25, 0.3) is 0 Å². The fraction of sp³-hybridized carbons (Fsp3) is 0.385. The number of nitrogens with two attached hydrogens (primary N) is 1. The van der Waals surface area contributed by atoms with Gasteiger partial charge in [0.05, 0.1) is 12.0 Å². The lowest BCUT2D eigenvalue weighted by molar-refractivity contribution is -0.138. The van der Waals surface area contributed by atoms with Gasteiger partial charge in [0, 0.05) is 12.5 Å². The zero-order chi connectivity index (χ0) is 14.8. The third-order valence-electron chi connectivity index (χ3n) is 2.68. The lowest BCUT2D eigenvalue weighted by Crippen LogP contribution is -2.18. The number of benzene rings is 1. The van der Waals surface area contributed by atoms with Crippen molar-refractivity contribution in [1.29, 1.82) is 0 Å². The molecule has 1 heterocycles. The molecule has 2 N–H and O–H groups in total. The fourth-order valence-corrected chi connectivity index (χ4v) is 1.85. The van der Waals surface area contributed by atoms with Crippen molar-refractivity contribution < 1.29 is 17.7 Å². The van der Waals surface area contributed by atoms with Gasteiger partial charge in [0.25, 0.3) is 0 Å². The Kier molecular flexibility index (Phi) is 4.08. The summed E-state index contributed by atoms with van der Waals surface area (Å²) in [4.78, 5) is 4.04. The van der Waals surface area contributed by atoms with E-state index in [4.69, 9.17) is 10.3 Å². The minimum Gasteiger partial charge on any atom is -0.339 e. The van der Waals surface area contributed by atoms with Crippen molar-refractivity contribution in [3.8, 4) is 0 Å². The second kappa shape index (κ2) is 5.62. The molecule has 0 saturated carbocycles. The Balaban J connectivity index is 2.20. The van der Waals surface area contributed by atoms with Crippen molar-refractivity contribution in [1.82, 2.24) is 10.1 Å². The van der Waals surface area contributed by atoms with Gasteiger partial charge in [-0.2, -0.15) is 18.2 Å². The van der Waals surface area contributed by atoms with E-state index in [2.05, 4.69) is 10.1 Å². The smallest absolute Gasteiger partial charge is 0.339 e. The summed E-state index contributed by atoms with van der Waals surface area (Å²) in [6.45, 7) is 1.79. The molecule has 0 fully saturated rings. The van der Waals surface area contributed by atoms with Crippen molar-refractivity contribution >= 4 is 0 Å². The number of rotatable bonds is 4. The number of hydrogen-bond donors (Lipinski definition) is 1. The molecule has 108 valence electrons. The number of alkyl halides is 3. The van der Waals surface area contributed by atoms with Crippen LogP contribution in [-0.4, -0.2) is 16.2 Å². The van der Waals surface area contributed by atoms with Gasteiger partial charge in [-0.3, -0.25) is 0 Å². The standard InChI is InChI=1S/C13H14F3N3O/c1-8(17)6-11-18-12(20-19-11)7-9-4-2-3-5-10(9)13(14,15)16/h2-5,8H,6-7,17H2,1H3. The Morgan fingerprint density at radius 1 is 1.30 bits per heavy atom. The van der Waals surface area contributed by atoms with Gasteiger partial charge in [-0.15, -0.1) is 0 Å². The molecule has 7 heteroatoms. The van der Waals surface area contributed by atoms with Crippen molar-refractivity contribution in [2.24, 2.45) is 5.73 Å². The van der Waals surface area contributed by atoms with Crippen LogP contribution in [0.1, 0.15) is 29.8 Å². The summed E-state index contributed by atoms with van der Waals surface area (Å²) >= 11 is 0. The molecule has 4 nitrogen and oxygen atoms in total. The Labute approximate surface area is 113 Å². The summed E-state index contributed by atoms with van der Waals surface area (Å²) in [5.74, 6) is 0.553. The lowest BCUT2D eigenvalue weighted by atomic mass is 10.0. The summed E-state index contributed by atoms with van der Waals surface area (Å²) in [5, 5.41) is 3.70. The molecule has 20 heavy (non-hydrogen) atoms. The highest BCUT2D eigenvalue weighted by Crippen LogP contribution is 2.32. The number of hydrogen-bond acceptors (Lipinski definition) is 4. The van der Waals surface area contributed by atoms with E-state index in [9.17, 15) is 13.2 Å². The van der Waals surface area contributed by atoms with Gasteiger partial charge in [0.2, 0.25) is 5.89 Å². The van der Waals surface area contributed by atoms with Crippen LogP contribution < -0.4 is 5.73 Å². The molecule has 1 aromatic heterocycles. The van der Waals surface area contributed by atoms with Crippen LogP contribution in [0.15, 0.2) is 28.8 Å². The maximum Gasteiger partial charge on any atom is 0.416 e. The van der Waals surface area contributed by atoms with Crippen LogP contribution in [0.4, 0.5) is 13.2 Å². The highest BCUT2D eigenvalue weighted by atomic mass is 19.4. The Hall–Kier alpha value is -1.89. The van der Waals surface area contributed by atoms with Crippen LogP contribution >= 0.6 is 0 Å². The second-order valence-electron chi connectivity index (χ2n) is 4.62. The van der Waals surface area contributed by atoms with Crippen LogP contribution in [-0.2, 0) is 19.0 Å². The van der Waals surface area contributed by atoms with E-state index in [1.807, 2.05) is 0 Å². The molecule has 0 aliphatic heterocycles. The molecule has 0 spiro atoms. The van der Waals surface area contributed by atoms with Crippen LogP contribution in [0.3, 0.4) is 0 Å². The van der Waals surface area contributed by atoms with Gasteiger partial charge in [0.15, 0.2) is 5.82 Å². The van der Waals surface area contributed by atoms with Crippen molar-refractivity contribution in [3.63, 3.8) is 0 Å². The Morgan fingerprint density at radius 2 is 2.00 bits per heavy atom. The highest BCUT2D eigenvalue weighted by molar-refractivity contribution is 5.31. The molecule has 1 atom stereocenters. The molecule has 0 amide bonds. The molecular weight excluding hydrogens is 271 g/mol. The molecule has 0 bridgehead atoms. The highest BCUT2D eigenvalue weighted by Gasteiger charge is 2.33. The average molecular weight is 285 g/mol. The third-order valence-corrected chi connectivity index (χ3v) is 2.68. The van der Waals surface area contributed by atoms with E-state index in [-0.39, 0.29) is 23.9 Å². The zero-order valence-electron chi connectivity index (χ0n) is 10.8. The summed E-state index contributed by atoms with van der Waals surface area (Å²) in [6.07, 6.45) is -4.03. The number of nitrogens with zero attached hydrogens (tertiary/aromatic N) is 2. The van der Waals surface area contributed by atoms with E-state index in [0.717, 1.165) is 6.07 Å². The summed E-state index contributed by atoms with van der Waals surface area (Å²) in [5.41, 5.74) is 5.02. The fourth-order valence-electron chi connectivity index (χ4n) is 1.85. The minimum absolute atomic E-state index is 0.0539. The number of halogens is 3.